The van der Waals surface area contributed by atoms with E-state index in [1.165, 1.54) is 32.1 Å². The lowest BCUT2D eigenvalue weighted by molar-refractivity contribution is 0.00210. The van der Waals surface area contributed by atoms with Crippen molar-refractivity contribution in [2.75, 3.05) is 0 Å². The minimum atomic E-state index is -0.275. The SMILES string of the molecule is CCC(O)(CCC1CC1)C1CC1. The van der Waals surface area contributed by atoms with Crippen molar-refractivity contribution in [1.82, 2.24) is 0 Å². The van der Waals surface area contributed by atoms with Gasteiger partial charge in [-0.15, -0.1) is 0 Å². The molecule has 1 heteroatoms. The van der Waals surface area contributed by atoms with E-state index >= 15 is 0 Å². The third-order valence-electron chi connectivity index (χ3n) is 3.63. The van der Waals surface area contributed by atoms with Gasteiger partial charge in [0.05, 0.1) is 5.60 Å². The molecule has 0 aromatic rings. The molecule has 0 saturated heterocycles. The smallest absolute Gasteiger partial charge is 0.0673 e. The van der Waals surface area contributed by atoms with Crippen LogP contribution in [0.1, 0.15) is 51.9 Å². The molecule has 1 nitrogen and oxygen atoms in total. The molecule has 2 aliphatic rings. The van der Waals surface area contributed by atoms with Gasteiger partial charge in [0.2, 0.25) is 0 Å². The Morgan fingerprint density at radius 3 is 2.33 bits per heavy atom. The van der Waals surface area contributed by atoms with Gasteiger partial charge in [0.25, 0.3) is 0 Å². The maximum atomic E-state index is 10.2. The zero-order valence-corrected chi connectivity index (χ0v) is 8.05. The van der Waals surface area contributed by atoms with Crippen LogP contribution in [-0.2, 0) is 0 Å². The molecule has 12 heavy (non-hydrogen) atoms. The zero-order valence-electron chi connectivity index (χ0n) is 8.05. The molecule has 0 bridgehead atoms. The maximum absolute atomic E-state index is 10.2. The van der Waals surface area contributed by atoms with E-state index in [9.17, 15) is 5.11 Å². The van der Waals surface area contributed by atoms with Crippen molar-refractivity contribution in [3.8, 4) is 0 Å². The second-order valence-corrected chi connectivity index (χ2v) is 4.71. The molecule has 1 atom stereocenters. The highest BCUT2D eigenvalue weighted by Crippen LogP contribution is 2.46. The molecule has 1 unspecified atom stereocenters. The van der Waals surface area contributed by atoms with Crippen molar-refractivity contribution in [3.05, 3.63) is 0 Å². The van der Waals surface area contributed by atoms with E-state index in [2.05, 4.69) is 6.92 Å². The van der Waals surface area contributed by atoms with E-state index in [4.69, 9.17) is 0 Å². The van der Waals surface area contributed by atoms with E-state index in [1.54, 1.807) is 0 Å². The van der Waals surface area contributed by atoms with Crippen molar-refractivity contribution in [2.45, 2.75) is 57.5 Å². The normalized spacial score (nSPS) is 28.5. The topological polar surface area (TPSA) is 20.2 Å². The fourth-order valence-electron chi connectivity index (χ4n) is 2.15. The Kier molecular flexibility index (Phi) is 2.16. The predicted octanol–water partition coefficient (Wildman–Crippen LogP) is 2.73. The first-order valence-electron chi connectivity index (χ1n) is 5.47. The molecular weight excluding hydrogens is 148 g/mol. The Bertz CT molecular complexity index is 158. The summed E-state index contributed by atoms with van der Waals surface area (Å²) in [4.78, 5) is 0. The van der Waals surface area contributed by atoms with Crippen LogP contribution < -0.4 is 0 Å². The van der Waals surface area contributed by atoms with E-state index in [0.717, 1.165) is 18.8 Å². The minimum Gasteiger partial charge on any atom is -0.390 e. The molecule has 2 saturated carbocycles. The summed E-state index contributed by atoms with van der Waals surface area (Å²) in [6.07, 6.45) is 8.70. The summed E-state index contributed by atoms with van der Waals surface area (Å²) in [6.45, 7) is 2.13. The van der Waals surface area contributed by atoms with Gasteiger partial charge in [-0.1, -0.05) is 19.8 Å². The van der Waals surface area contributed by atoms with Crippen molar-refractivity contribution in [3.63, 3.8) is 0 Å². The number of hydrogen-bond donors (Lipinski definition) is 1. The first-order chi connectivity index (χ1) is 5.74. The third kappa shape index (κ3) is 1.82. The van der Waals surface area contributed by atoms with Crippen LogP contribution in [-0.4, -0.2) is 10.7 Å². The van der Waals surface area contributed by atoms with E-state index in [-0.39, 0.29) is 5.60 Å². The molecular formula is C11H20O. The molecule has 2 fully saturated rings. The fraction of sp³-hybridized carbons (Fsp3) is 1.00. The van der Waals surface area contributed by atoms with Crippen molar-refractivity contribution >= 4 is 0 Å². The van der Waals surface area contributed by atoms with Crippen molar-refractivity contribution in [1.29, 1.82) is 0 Å². The quantitative estimate of drug-likeness (QED) is 0.669. The van der Waals surface area contributed by atoms with Crippen LogP contribution in [0.2, 0.25) is 0 Å². The lowest BCUT2D eigenvalue weighted by Gasteiger charge is -2.26. The Labute approximate surface area is 75.2 Å². The van der Waals surface area contributed by atoms with Crippen LogP contribution in [0.4, 0.5) is 0 Å². The molecule has 0 amide bonds. The highest BCUT2D eigenvalue weighted by molar-refractivity contribution is 4.94. The Hall–Kier alpha value is -0.0400. The van der Waals surface area contributed by atoms with Crippen LogP contribution in [0.25, 0.3) is 0 Å². The molecule has 2 rings (SSSR count). The molecule has 0 aromatic heterocycles. The molecule has 0 aromatic carbocycles. The van der Waals surface area contributed by atoms with Gasteiger partial charge in [-0.05, 0) is 43.9 Å². The zero-order chi connectivity index (χ0) is 8.60. The molecule has 1 N–H and O–H groups in total. The number of hydrogen-bond acceptors (Lipinski definition) is 1. The van der Waals surface area contributed by atoms with Crippen molar-refractivity contribution in [2.24, 2.45) is 11.8 Å². The first-order valence-corrected chi connectivity index (χ1v) is 5.47. The predicted molar refractivity (Wildman–Crippen MR) is 49.9 cm³/mol. The van der Waals surface area contributed by atoms with E-state index < -0.39 is 0 Å². The number of rotatable bonds is 5. The average Bonchev–Trinajstić information content (AvgIpc) is 2.88. The van der Waals surface area contributed by atoms with Crippen LogP contribution in [0, 0.1) is 11.8 Å². The fourth-order valence-corrected chi connectivity index (χ4v) is 2.15. The second-order valence-electron chi connectivity index (χ2n) is 4.71. The van der Waals surface area contributed by atoms with Crippen LogP contribution in [0.15, 0.2) is 0 Å². The minimum absolute atomic E-state index is 0.275. The van der Waals surface area contributed by atoms with Gasteiger partial charge >= 0.3 is 0 Å². The molecule has 0 spiro atoms. The Morgan fingerprint density at radius 1 is 1.25 bits per heavy atom. The summed E-state index contributed by atoms with van der Waals surface area (Å²) in [6, 6.07) is 0. The van der Waals surface area contributed by atoms with Gasteiger partial charge in [0.15, 0.2) is 0 Å². The molecule has 0 aliphatic heterocycles. The van der Waals surface area contributed by atoms with E-state index in [0.29, 0.717) is 5.92 Å². The van der Waals surface area contributed by atoms with Gasteiger partial charge in [0.1, 0.15) is 0 Å². The molecule has 0 radical (unpaired) electrons. The number of aliphatic hydroxyl groups is 1. The highest BCUT2D eigenvalue weighted by Gasteiger charge is 2.42. The second kappa shape index (κ2) is 3.02. The summed E-state index contributed by atoms with van der Waals surface area (Å²) in [5.74, 6) is 1.63. The van der Waals surface area contributed by atoms with Gasteiger partial charge < -0.3 is 5.11 Å². The van der Waals surface area contributed by atoms with Gasteiger partial charge in [-0.3, -0.25) is 0 Å². The first kappa shape index (κ1) is 8.55. The Balaban J connectivity index is 1.78. The summed E-state index contributed by atoms with van der Waals surface area (Å²) in [5, 5.41) is 10.2. The van der Waals surface area contributed by atoms with Gasteiger partial charge in [-0.2, -0.15) is 0 Å². The van der Waals surface area contributed by atoms with Gasteiger partial charge in [0, 0.05) is 0 Å². The van der Waals surface area contributed by atoms with E-state index in [1.807, 2.05) is 0 Å². The van der Waals surface area contributed by atoms with Crippen LogP contribution in [0.3, 0.4) is 0 Å². The monoisotopic (exact) mass is 168 g/mol. The highest BCUT2D eigenvalue weighted by atomic mass is 16.3. The summed E-state index contributed by atoms with van der Waals surface area (Å²) in [7, 11) is 0. The maximum Gasteiger partial charge on any atom is 0.0673 e. The Morgan fingerprint density at radius 2 is 1.92 bits per heavy atom. The third-order valence-corrected chi connectivity index (χ3v) is 3.63. The summed E-state index contributed by atoms with van der Waals surface area (Å²) in [5.41, 5.74) is -0.275. The van der Waals surface area contributed by atoms with Crippen LogP contribution >= 0.6 is 0 Å². The average molecular weight is 168 g/mol. The molecule has 2 aliphatic carbocycles. The summed E-state index contributed by atoms with van der Waals surface area (Å²) >= 11 is 0. The summed E-state index contributed by atoms with van der Waals surface area (Å²) < 4.78 is 0. The van der Waals surface area contributed by atoms with Gasteiger partial charge in [-0.25, -0.2) is 0 Å². The standard InChI is InChI=1S/C11H20O/c1-2-11(12,10-5-6-10)8-7-9-3-4-9/h9-10,12H,2-8H2,1H3. The van der Waals surface area contributed by atoms with Crippen LogP contribution in [0.5, 0.6) is 0 Å². The van der Waals surface area contributed by atoms with Crippen molar-refractivity contribution < 1.29 is 5.11 Å². The largest absolute Gasteiger partial charge is 0.390 e. The lowest BCUT2D eigenvalue weighted by Crippen LogP contribution is -2.30. The molecule has 0 heterocycles. The lowest BCUT2D eigenvalue weighted by atomic mass is 9.88. The molecule has 70 valence electrons.